The Morgan fingerprint density at radius 3 is 2.52 bits per heavy atom. The number of carbonyl (C=O) groups excluding carboxylic acids is 1. The number of carbonyl (C=O) groups is 1. The standard InChI is InChI=1S/C16H12F3N5O/c17-16(18,19)11-8-24(7-10(11)14(25)23-15(20)21)13-5-6-22-12-4-2-1-3-9(12)13/h1-8H,(H4,20,21,23,25). The molecule has 1 amide bonds. The van der Waals surface area contributed by atoms with Crippen LogP contribution in [0.3, 0.4) is 0 Å². The van der Waals surface area contributed by atoms with Crippen LogP contribution in [0.25, 0.3) is 16.6 Å². The van der Waals surface area contributed by atoms with E-state index >= 15 is 0 Å². The third-order valence-electron chi connectivity index (χ3n) is 3.50. The lowest BCUT2D eigenvalue weighted by molar-refractivity contribution is -0.137. The van der Waals surface area contributed by atoms with Crippen molar-refractivity contribution >= 4 is 22.8 Å². The van der Waals surface area contributed by atoms with E-state index < -0.39 is 29.2 Å². The number of amides is 1. The van der Waals surface area contributed by atoms with Gasteiger partial charge >= 0.3 is 6.18 Å². The molecule has 0 fully saturated rings. The van der Waals surface area contributed by atoms with E-state index in [4.69, 9.17) is 11.5 Å². The summed E-state index contributed by atoms with van der Waals surface area (Å²) in [6, 6.07) is 8.52. The molecule has 3 aromatic rings. The minimum Gasteiger partial charge on any atom is -0.370 e. The van der Waals surface area contributed by atoms with Crippen molar-refractivity contribution in [3.05, 3.63) is 60.0 Å². The number of benzene rings is 1. The zero-order valence-electron chi connectivity index (χ0n) is 12.7. The minimum absolute atomic E-state index is 0.444. The lowest BCUT2D eigenvalue weighted by Crippen LogP contribution is -2.24. The summed E-state index contributed by atoms with van der Waals surface area (Å²) in [5, 5.41) is 0.634. The fourth-order valence-corrected chi connectivity index (χ4v) is 2.47. The number of guanidine groups is 1. The van der Waals surface area contributed by atoms with Crippen LogP contribution in [0.4, 0.5) is 13.2 Å². The summed E-state index contributed by atoms with van der Waals surface area (Å²) in [5.41, 5.74) is 9.48. The monoisotopic (exact) mass is 347 g/mol. The van der Waals surface area contributed by atoms with Crippen LogP contribution in [0.15, 0.2) is 53.9 Å². The predicted molar refractivity (Wildman–Crippen MR) is 86.2 cm³/mol. The van der Waals surface area contributed by atoms with Crippen molar-refractivity contribution in [3.8, 4) is 5.69 Å². The van der Waals surface area contributed by atoms with E-state index in [9.17, 15) is 18.0 Å². The highest BCUT2D eigenvalue weighted by molar-refractivity contribution is 6.03. The number of para-hydroxylation sites is 1. The topological polar surface area (TPSA) is 99.3 Å². The average Bonchev–Trinajstić information content (AvgIpc) is 2.99. The highest BCUT2D eigenvalue weighted by atomic mass is 19.4. The second-order valence-electron chi connectivity index (χ2n) is 5.18. The Hall–Kier alpha value is -3.36. The fraction of sp³-hybridized carbons (Fsp3) is 0.0625. The van der Waals surface area contributed by atoms with Crippen molar-refractivity contribution < 1.29 is 18.0 Å². The molecule has 4 N–H and O–H groups in total. The molecule has 25 heavy (non-hydrogen) atoms. The van der Waals surface area contributed by atoms with Gasteiger partial charge in [0.15, 0.2) is 5.96 Å². The van der Waals surface area contributed by atoms with Gasteiger partial charge in [0.25, 0.3) is 5.91 Å². The number of aromatic nitrogens is 2. The van der Waals surface area contributed by atoms with Gasteiger partial charge in [-0.2, -0.15) is 18.2 Å². The van der Waals surface area contributed by atoms with Gasteiger partial charge in [0.1, 0.15) is 0 Å². The summed E-state index contributed by atoms with van der Waals surface area (Å²) in [6.07, 6.45) is -1.38. The van der Waals surface area contributed by atoms with Crippen LogP contribution in [-0.2, 0) is 6.18 Å². The molecule has 0 saturated heterocycles. The Bertz CT molecular complexity index is 982. The molecule has 2 aromatic heterocycles. The molecule has 2 heterocycles. The van der Waals surface area contributed by atoms with E-state index in [-0.39, 0.29) is 0 Å². The first-order valence-electron chi connectivity index (χ1n) is 7.04. The maximum absolute atomic E-state index is 13.3. The van der Waals surface area contributed by atoms with Gasteiger partial charge in [-0.3, -0.25) is 9.78 Å². The van der Waals surface area contributed by atoms with E-state index in [1.54, 1.807) is 30.3 Å². The Balaban J connectivity index is 2.23. The summed E-state index contributed by atoms with van der Waals surface area (Å²) in [6.45, 7) is 0. The van der Waals surface area contributed by atoms with E-state index in [0.717, 1.165) is 12.4 Å². The number of rotatable bonds is 2. The molecule has 0 unspecified atom stereocenters. The second-order valence-corrected chi connectivity index (χ2v) is 5.18. The number of pyridine rings is 1. The Morgan fingerprint density at radius 1 is 1.12 bits per heavy atom. The van der Waals surface area contributed by atoms with E-state index in [2.05, 4.69) is 9.98 Å². The first kappa shape index (κ1) is 16.5. The van der Waals surface area contributed by atoms with Crippen molar-refractivity contribution in [1.82, 2.24) is 9.55 Å². The number of alkyl halides is 3. The van der Waals surface area contributed by atoms with Crippen LogP contribution < -0.4 is 11.5 Å². The number of hydrogen-bond donors (Lipinski definition) is 2. The number of halogens is 3. The normalized spacial score (nSPS) is 11.5. The molecule has 0 bridgehead atoms. The van der Waals surface area contributed by atoms with Crippen LogP contribution in [0.2, 0.25) is 0 Å². The quantitative estimate of drug-likeness (QED) is 0.549. The third kappa shape index (κ3) is 3.16. The van der Waals surface area contributed by atoms with Gasteiger partial charge in [-0.25, -0.2) is 0 Å². The number of nitrogens with two attached hydrogens (primary N) is 2. The Kier molecular flexibility index (Phi) is 3.91. The number of nitrogens with zero attached hydrogens (tertiary/aromatic N) is 3. The molecule has 9 heteroatoms. The van der Waals surface area contributed by atoms with Gasteiger partial charge in [0.2, 0.25) is 0 Å². The van der Waals surface area contributed by atoms with Gasteiger partial charge in [0.05, 0.1) is 22.3 Å². The molecule has 0 aliphatic heterocycles. The molecule has 1 aromatic carbocycles. The van der Waals surface area contributed by atoms with E-state index in [1.165, 1.54) is 10.8 Å². The highest BCUT2D eigenvalue weighted by Crippen LogP contribution is 2.34. The first-order valence-corrected chi connectivity index (χ1v) is 7.04. The van der Waals surface area contributed by atoms with Crippen LogP contribution in [0, 0.1) is 0 Å². The maximum Gasteiger partial charge on any atom is 0.418 e. The van der Waals surface area contributed by atoms with Gasteiger partial charge in [0, 0.05) is 24.0 Å². The van der Waals surface area contributed by atoms with Gasteiger partial charge in [-0.1, -0.05) is 18.2 Å². The lowest BCUT2D eigenvalue weighted by Gasteiger charge is -2.07. The van der Waals surface area contributed by atoms with Crippen molar-refractivity contribution in [3.63, 3.8) is 0 Å². The lowest BCUT2D eigenvalue weighted by atomic mass is 10.2. The Labute approximate surface area is 139 Å². The average molecular weight is 347 g/mol. The molecule has 0 aliphatic rings. The number of fused-ring (bicyclic) bond motifs is 1. The van der Waals surface area contributed by atoms with Crippen LogP contribution in [0.1, 0.15) is 15.9 Å². The van der Waals surface area contributed by atoms with Crippen LogP contribution in [0.5, 0.6) is 0 Å². The summed E-state index contributed by atoms with van der Waals surface area (Å²) < 4.78 is 41.1. The third-order valence-corrected chi connectivity index (χ3v) is 3.50. The zero-order valence-corrected chi connectivity index (χ0v) is 12.7. The smallest absolute Gasteiger partial charge is 0.370 e. The summed E-state index contributed by atoms with van der Waals surface area (Å²) >= 11 is 0. The summed E-state index contributed by atoms with van der Waals surface area (Å²) in [4.78, 5) is 19.3. The van der Waals surface area contributed by atoms with Crippen molar-refractivity contribution in [2.75, 3.05) is 0 Å². The molecular formula is C16H12F3N5O. The van der Waals surface area contributed by atoms with Gasteiger partial charge < -0.3 is 16.0 Å². The maximum atomic E-state index is 13.3. The van der Waals surface area contributed by atoms with Crippen LogP contribution >= 0.6 is 0 Å². The fourth-order valence-electron chi connectivity index (χ4n) is 2.47. The van der Waals surface area contributed by atoms with Gasteiger partial charge in [-0.05, 0) is 12.1 Å². The molecule has 0 aliphatic carbocycles. The summed E-state index contributed by atoms with van der Waals surface area (Å²) in [7, 11) is 0. The zero-order chi connectivity index (χ0) is 18.2. The van der Waals surface area contributed by atoms with E-state index in [1.807, 2.05) is 0 Å². The molecule has 0 spiro atoms. The highest BCUT2D eigenvalue weighted by Gasteiger charge is 2.37. The van der Waals surface area contributed by atoms with Gasteiger partial charge in [-0.15, -0.1) is 0 Å². The van der Waals surface area contributed by atoms with E-state index in [0.29, 0.717) is 16.6 Å². The predicted octanol–water partition coefficient (Wildman–Crippen LogP) is 2.46. The molecule has 6 nitrogen and oxygen atoms in total. The van der Waals surface area contributed by atoms with Crippen molar-refractivity contribution in [2.24, 2.45) is 16.5 Å². The number of hydrogen-bond acceptors (Lipinski definition) is 2. The second kappa shape index (κ2) is 5.93. The minimum atomic E-state index is -4.74. The molecule has 0 saturated carbocycles. The number of aliphatic imine (C=N–C) groups is 1. The van der Waals surface area contributed by atoms with Crippen molar-refractivity contribution in [1.29, 1.82) is 0 Å². The largest absolute Gasteiger partial charge is 0.418 e. The molecule has 128 valence electrons. The first-order chi connectivity index (χ1) is 11.8. The molecule has 0 atom stereocenters. The Morgan fingerprint density at radius 2 is 1.84 bits per heavy atom. The van der Waals surface area contributed by atoms with Crippen molar-refractivity contribution in [2.45, 2.75) is 6.18 Å². The molecule has 0 radical (unpaired) electrons. The SMILES string of the molecule is NC(N)=NC(=O)c1cn(-c2ccnc3ccccc23)cc1C(F)(F)F. The summed E-state index contributed by atoms with van der Waals surface area (Å²) in [5.74, 6) is -1.77. The van der Waals surface area contributed by atoms with Crippen LogP contribution in [-0.4, -0.2) is 21.4 Å². The molecular weight excluding hydrogens is 335 g/mol. The molecule has 3 rings (SSSR count).